The van der Waals surface area contributed by atoms with Gasteiger partial charge < -0.3 is 0 Å². The topological polar surface area (TPSA) is 12.4 Å². The molecule has 0 spiro atoms. The minimum Gasteiger partial charge on any atom is -0.293 e. The lowest BCUT2D eigenvalue weighted by Crippen LogP contribution is -2.19. The Bertz CT molecular complexity index is 577. The normalized spacial score (nSPS) is 20.1. The van der Waals surface area contributed by atoms with Crippen LogP contribution in [0, 0.1) is 5.41 Å². The highest BCUT2D eigenvalue weighted by molar-refractivity contribution is 5.72. The van der Waals surface area contributed by atoms with Crippen molar-refractivity contribution >= 4 is 6.21 Å². The second kappa shape index (κ2) is 10.3. The summed E-state index contributed by atoms with van der Waals surface area (Å²) in [5, 5.41) is 0. The second-order valence-electron chi connectivity index (χ2n) is 7.50. The zero-order valence-corrected chi connectivity index (χ0v) is 16.5. The Kier molecular flexibility index (Phi) is 8.74. The SMILES string of the molecule is CCCN=C\C=C(C)/C=C/C=C(C)/C=C/C1=C(C)CCCC1(C)C. The maximum Gasteiger partial charge on any atom is 0.0386 e. The highest BCUT2D eigenvalue weighted by atomic mass is 14.7. The van der Waals surface area contributed by atoms with Crippen molar-refractivity contribution in [3.63, 3.8) is 0 Å². The molecule has 0 aromatic carbocycles. The summed E-state index contributed by atoms with van der Waals surface area (Å²) < 4.78 is 0. The summed E-state index contributed by atoms with van der Waals surface area (Å²) in [6.07, 6.45) is 19.9. The highest BCUT2D eigenvalue weighted by Gasteiger charge is 2.26. The van der Waals surface area contributed by atoms with Crippen LogP contribution >= 0.6 is 0 Å². The summed E-state index contributed by atoms with van der Waals surface area (Å²) in [6.45, 7) is 14.3. The van der Waals surface area contributed by atoms with Gasteiger partial charge in [-0.3, -0.25) is 4.99 Å². The lowest BCUT2D eigenvalue weighted by molar-refractivity contribution is 0.377. The van der Waals surface area contributed by atoms with E-state index in [1.54, 1.807) is 5.57 Å². The number of rotatable bonds is 7. The van der Waals surface area contributed by atoms with Crippen LogP contribution in [0.4, 0.5) is 0 Å². The number of aliphatic imine (C=N–C) groups is 1. The predicted molar refractivity (Wildman–Crippen MR) is 110 cm³/mol. The van der Waals surface area contributed by atoms with Gasteiger partial charge in [-0.1, -0.05) is 62.3 Å². The molecule has 1 aliphatic rings. The minimum atomic E-state index is 0.312. The van der Waals surface area contributed by atoms with Crippen LogP contribution in [0.3, 0.4) is 0 Å². The van der Waals surface area contributed by atoms with Crippen LogP contribution in [-0.4, -0.2) is 12.8 Å². The van der Waals surface area contributed by atoms with Gasteiger partial charge in [-0.05, 0) is 69.1 Å². The summed E-state index contributed by atoms with van der Waals surface area (Å²) in [6, 6.07) is 0. The first kappa shape index (κ1) is 20.4. The largest absolute Gasteiger partial charge is 0.293 e. The Labute approximate surface area is 149 Å². The summed E-state index contributed by atoms with van der Waals surface area (Å²) in [5.41, 5.74) is 5.88. The van der Waals surface area contributed by atoms with Gasteiger partial charge in [0.25, 0.3) is 0 Å². The first-order valence-corrected chi connectivity index (χ1v) is 9.27. The molecular formula is C23H35N. The smallest absolute Gasteiger partial charge is 0.0386 e. The number of hydrogen-bond donors (Lipinski definition) is 0. The van der Waals surface area contributed by atoms with E-state index in [1.165, 1.54) is 36.0 Å². The fraction of sp³-hybridized carbons (Fsp3) is 0.522. The lowest BCUT2D eigenvalue weighted by atomic mass is 9.72. The Morgan fingerprint density at radius 3 is 2.50 bits per heavy atom. The Hall–Kier alpha value is -1.63. The van der Waals surface area contributed by atoms with Crippen molar-refractivity contribution in [1.82, 2.24) is 0 Å². The third-order valence-corrected chi connectivity index (χ3v) is 4.57. The molecule has 0 aromatic heterocycles. The van der Waals surface area contributed by atoms with Gasteiger partial charge in [0.1, 0.15) is 0 Å². The van der Waals surface area contributed by atoms with Gasteiger partial charge in [0.15, 0.2) is 0 Å². The quantitative estimate of drug-likeness (QED) is 0.353. The Morgan fingerprint density at radius 2 is 1.83 bits per heavy atom. The van der Waals surface area contributed by atoms with E-state index in [0.717, 1.165) is 13.0 Å². The monoisotopic (exact) mass is 325 g/mol. The van der Waals surface area contributed by atoms with Gasteiger partial charge in [0, 0.05) is 12.8 Å². The molecule has 0 N–H and O–H groups in total. The summed E-state index contributed by atoms with van der Waals surface area (Å²) in [7, 11) is 0. The minimum absolute atomic E-state index is 0.312. The molecular weight excluding hydrogens is 290 g/mol. The molecule has 1 aliphatic carbocycles. The zero-order valence-electron chi connectivity index (χ0n) is 16.5. The van der Waals surface area contributed by atoms with Crippen molar-refractivity contribution < 1.29 is 0 Å². The van der Waals surface area contributed by atoms with Crippen LogP contribution in [0.5, 0.6) is 0 Å². The van der Waals surface area contributed by atoms with E-state index in [2.05, 4.69) is 83.0 Å². The van der Waals surface area contributed by atoms with Crippen LogP contribution in [-0.2, 0) is 0 Å². The molecule has 0 saturated heterocycles. The number of hydrogen-bond acceptors (Lipinski definition) is 1. The standard InChI is InChI=1S/C23H35N/c1-7-17-24-18-15-20(3)11-8-10-19(2)13-14-22-21(4)12-9-16-23(22,5)6/h8,10-11,13-15,18H,7,9,12,16-17H2,1-6H3/b11-8+,14-13+,19-10+,20-15-,24-18?. The molecule has 1 nitrogen and oxygen atoms in total. The Morgan fingerprint density at radius 1 is 1.12 bits per heavy atom. The molecule has 0 fully saturated rings. The molecule has 1 heteroatoms. The summed E-state index contributed by atoms with van der Waals surface area (Å²) in [4.78, 5) is 4.31. The zero-order chi connectivity index (χ0) is 18.0. The van der Waals surface area contributed by atoms with Crippen molar-refractivity contribution in [2.24, 2.45) is 10.4 Å². The van der Waals surface area contributed by atoms with Crippen LogP contribution in [0.1, 0.15) is 67.2 Å². The van der Waals surface area contributed by atoms with Gasteiger partial charge in [0.05, 0.1) is 0 Å². The second-order valence-corrected chi connectivity index (χ2v) is 7.50. The van der Waals surface area contributed by atoms with Crippen molar-refractivity contribution in [1.29, 1.82) is 0 Å². The third-order valence-electron chi connectivity index (χ3n) is 4.57. The molecule has 0 aliphatic heterocycles. The van der Waals surface area contributed by atoms with E-state index in [0.29, 0.717) is 5.41 Å². The molecule has 0 bridgehead atoms. The summed E-state index contributed by atoms with van der Waals surface area (Å²) in [5.74, 6) is 0. The first-order chi connectivity index (χ1) is 11.4. The average Bonchev–Trinajstić information content (AvgIpc) is 2.50. The van der Waals surface area contributed by atoms with Gasteiger partial charge in [0.2, 0.25) is 0 Å². The van der Waals surface area contributed by atoms with E-state index in [1.807, 2.05) is 6.21 Å². The fourth-order valence-corrected chi connectivity index (χ4v) is 3.06. The van der Waals surface area contributed by atoms with Crippen molar-refractivity contribution in [3.05, 3.63) is 58.7 Å². The van der Waals surface area contributed by atoms with E-state index >= 15 is 0 Å². The van der Waals surface area contributed by atoms with Crippen molar-refractivity contribution in [2.75, 3.05) is 6.54 Å². The number of allylic oxidation sites excluding steroid dienone is 10. The van der Waals surface area contributed by atoms with Crippen LogP contribution in [0.25, 0.3) is 0 Å². The van der Waals surface area contributed by atoms with Gasteiger partial charge in [-0.15, -0.1) is 0 Å². The van der Waals surface area contributed by atoms with Crippen LogP contribution in [0.2, 0.25) is 0 Å². The molecule has 0 aromatic rings. The van der Waals surface area contributed by atoms with E-state index < -0.39 is 0 Å². The van der Waals surface area contributed by atoms with Gasteiger partial charge >= 0.3 is 0 Å². The predicted octanol–water partition coefficient (Wildman–Crippen LogP) is 7.00. The van der Waals surface area contributed by atoms with E-state index in [9.17, 15) is 0 Å². The first-order valence-electron chi connectivity index (χ1n) is 9.27. The number of nitrogens with zero attached hydrogens (tertiary/aromatic N) is 1. The van der Waals surface area contributed by atoms with E-state index in [-0.39, 0.29) is 0 Å². The molecule has 0 saturated carbocycles. The average molecular weight is 326 g/mol. The molecule has 24 heavy (non-hydrogen) atoms. The van der Waals surface area contributed by atoms with Crippen molar-refractivity contribution in [2.45, 2.75) is 67.2 Å². The van der Waals surface area contributed by atoms with Gasteiger partial charge in [-0.25, -0.2) is 0 Å². The van der Waals surface area contributed by atoms with Crippen LogP contribution < -0.4 is 0 Å². The molecule has 0 amide bonds. The molecule has 0 unspecified atom stereocenters. The molecule has 0 heterocycles. The van der Waals surface area contributed by atoms with Crippen molar-refractivity contribution in [3.8, 4) is 0 Å². The van der Waals surface area contributed by atoms with E-state index in [4.69, 9.17) is 0 Å². The fourth-order valence-electron chi connectivity index (χ4n) is 3.06. The summed E-state index contributed by atoms with van der Waals surface area (Å²) >= 11 is 0. The maximum atomic E-state index is 4.31. The lowest BCUT2D eigenvalue weighted by Gasteiger charge is -2.32. The third kappa shape index (κ3) is 7.29. The molecule has 1 rings (SSSR count). The van der Waals surface area contributed by atoms with Crippen LogP contribution in [0.15, 0.2) is 63.7 Å². The molecule has 0 atom stereocenters. The Balaban J connectivity index is 2.68. The molecule has 132 valence electrons. The molecule has 0 radical (unpaired) electrons. The highest BCUT2D eigenvalue weighted by Crippen LogP contribution is 2.40. The van der Waals surface area contributed by atoms with Gasteiger partial charge in [-0.2, -0.15) is 0 Å². The maximum absolute atomic E-state index is 4.31.